The number of halogens is 2. The predicted molar refractivity (Wildman–Crippen MR) is 92.2 cm³/mol. The van der Waals surface area contributed by atoms with Gasteiger partial charge in [-0.25, -0.2) is 9.78 Å². The van der Waals surface area contributed by atoms with Crippen LogP contribution in [0.15, 0.2) is 45.6 Å². The van der Waals surface area contributed by atoms with Crippen LogP contribution in [0.1, 0.15) is 11.5 Å². The fourth-order valence-electron chi connectivity index (χ4n) is 2.19. The first-order valence-corrected chi connectivity index (χ1v) is 7.45. The van der Waals surface area contributed by atoms with Crippen LogP contribution in [0.3, 0.4) is 0 Å². The molecule has 1 heterocycles. The van der Waals surface area contributed by atoms with E-state index in [-0.39, 0.29) is 5.89 Å². The van der Waals surface area contributed by atoms with E-state index < -0.39 is 5.63 Å². The number of methoxy groups -OCH3 is 1. The quantitative estimate of drug-likeness (QED) is 0.690. The summed E-state index contributed by atoms with van der Waals surface area (Å²) in [4.78, 5) is 16.2. The highest BCUT2D eigenvalue weighted by Crippen LogP contribution is 2.33. The Hall–Kier alpha value is -2.30. The molecule has 0 saturated carbocycles. The highest BCUT2D eigenvalue weighted by atomic mass is 35.5. The molecule has 0 spiro atoms. The van der Waals surface area contributed by atoms with Crippen molar-refractivity contribution < 1.29 is 9.15 Å². The van der Waals surface area contributed by atoms with E-state index in [0.29, 0.717) is 32.3 Å². The highest BCUT2D eigenvalue weighted by Gasteiger charge is 2.08. The van der Waals surface area contributed by atoms with Gasteiger partial charge in [-0.2, -0.15) is 0 Å². The number of fused-ring (bicyclic) bond motifs is 1. The number of para-hydroxylation sites is 1. The van der Waals surface area contributed by atoms with Gasteiger partial charge >= 0.3 is 5.63 Å². The van der Waals surface area contributed by atoms with Crippen molar-refractivity contribution in [3.8, 4) is 5.75 Å². The van der Waals surface area contributed by atoms with Crippen molar-refractivity contribution in [3.63, 3.8) is 0 Å². The Balaban J connectivity index is 2.06. The molecule has 4 nitrogen and oxygen atoms in total. The van der Waals surface area contributed by atoms with Crippen LogP contribution < -0.4 is 10.4 Å². The van der Waals surface area contributed by atoms with Crippen LogP contribution >= 0.6 is 23.2 Å². The lowest BCUT2D eigenvalue weighted by Crippen LogP contribution is -2.02. The normalized spacial score (nSPS) is 11.3. The Morgan fingerprint density at radius 1 is 1.17 bits per heavy atom. The van der Waals surface area contributed by atoms with Crippen molar-refractivity contribution in [2.45, 2.75) is 0 Å². The van der Waals surface area contributed by atoms with Crippen LogP contribution in [0.25, 0.3) is 23.1 Å². The first-order chi connectivity index (χ1) is 11.1. The molecule has 3 aromatic rings. The Bertz CT molecular complexity index is 964. The minimum Gasteiger partial charge on any atom is -0.495 e. The van der Waals surface area contributed by atoms with Gasteiger partial charge in [-0.15, -0.1) is 0 Å². The third-order valence-electron chi connectivity index (χ3n) is 3.20. The van der Waals surface area contributed by atoms with Gasteiger partial charge in [0.05, 0.1) is 23.0 Å². The molecular weight excluding hydrogens is 337 g/mol. The van der Waals surface area contributed by atoms with Gasteiger partial charge in [-0.3, -0.25) is 0 Å². The molecule has 0 atom stereocenters. The third-order valence-corrected chi connectivity index (χ3v) is 3.70. The van der Waals surface area contributed by atoms with Gasteiger partial charge in [-0.05, 0) is 30.3 Å². The molecule has 0 aliphatic carbocycles. The van der Waals surface area contributed by atoms with Crippen molar-refractivity contribution >= 4 is 46.3 Å². The smallest absolute Gasteiger partial charge is 0.347 e. The molecule has 0 bridgehead atoms. The molecule has 0 N–H and O–H groups in total. The Morgan fingerprint density at radius 3 is 2.74 bits per heavy atom. The number of hydrogen-bond acceptors (Lipinski definition) is 4. The van der Waals surface area contributed by atoms with E-state index in [1.165, 1.54) is 7.11 Å². The highest BCUT2D eigenvalue weighted by molar-refractivity contribution is 6.36. The van der Waals surface area contributed by atoms with Crippen molar-refractivity contribution in [2.75, 3.05) is 7.11 Å². The Morgan fingerprint density at radius 2 is 1.96 bits per heavy atom. The summed E-state index contributed by atoms with van der Waals surface area (Å²) in [6.45, 7) is 0. The SMILES string of the molecule is COc1c(Cl)cc(Cl)cc1/C=C/c1nc2ccccc2c(=O)o1. The molecule has 1 aromatic heterocycles. The first-order valence-electron chi connectivity index (χ1n) is 6.69. The topological polar surface area (TPSA) is 52.3 Å². The van der Waals surface area contributed by atoms with E-state index in [1.54, 1.807) is 42.5 Å². The van der Waals surface area contributed by atoms with E-state index in [2.05, 4.69) is 4.98 Å². The molecular formula is C17H11Cl2NO3. The number of hydrogen-bond donors (Lipinski definition) is 0. The molecule has 3 rings (SSSR count). The summed E-state index contributed by atoms with van der Waals surface area (Å²) in [5.74, 6) is 0.669. The molecule has 0 aliphatic heterocycles. The van der Waals surface area contributed by atoms with E-state index in [9.17, 15) is 4.79 Å². The minimum absolute atomic E-state index is 0.187. The molecule has 0 radical (unpaired) electrons. The maximum Gasteiger partial charge on any atom is 0.347 e. The summed E-state index contributed by atoms with van der Waals surface area (Å²) in [6.07, 6.45) is 3.25. The van der Waals surface area contributed by atoms with Crippen LogP contribution in [0.4, 0.5) is 0 Å². The zero-order valence-electron chi connectivity index (χ0n) is 12.0. The molecule has 0 aliphatic rings. The van der Waals surface area contributed by atoms with E-state index in [4.69, 9.17) is 32.4 Å². The van der Waals surface area contributed by atoms with E-state index in [0.717, 1.165) is 0 Å². The second kappa shape index (κ2) is 6.44. The van der Waals surface area contributed by atoms with Crippen LogP contribution in [0.5, 0.6) is 5.75 Å². The van der Waals surface area contributed by atoms with E-state index >= 15 is 0 Å². The number of ether oxygens (including phenoxy) is 1. The average molecular weight is 348 g/mol. The largest absolute Gasteiger partial charge is 0.495 e. The van der Waals surface area contributed by atoms with Crippen molar-refractivity contribution in [3.05, 3.63) is 68.3 Å². The zero-order valence-corrected chi connectivity index (χ0v) is 13.6. The molecule has 0 unspecified atom stereocenters. The first kappa shape index (κ1) is 15.6. The minimum atomic E-state index is -0.439. The Kier molecular flexibility index (Phi) is 4.37. The summed E-state index contributed by atoms with van der Waals surface area (Å²) in [6, 6.07) is 10.3. The molecule has 0 fully saturated rings. The second-order valence-electron chi connectivity index (χ2n) is 4.70. The van der Waals surface area contributed by atoms with Crippen LogP contribution in [0.2, 0.25) is 10.0 Å². The second-order valence-corrected chi connectivity index (χ2v) is 5.54. The Labute approximate surface area is 141 Å². The summed E-state index contributed by atoms with van der Waals surface area (Å²) in [7, 11) is 1.51. The maximum atomic E-state index is 11.9. The van der Waals surface area contributed by atoms with Crippen molar-refractivity contribution in [2.24, 2.45) is 0 Å². The van der Waals surface area contributed by atoms with Gasteiger partial charge in [-0.1, -0.05) is 35.3 Å². The lowest BCUT2D eigenvalue weighted by Gasteiger charge is -2.07. The van der Waals surface area contributed by atoms with Crippen LogP contribution in [0, 0.1) is 0 Å². The third kappa shape index (κ3) is 3.23. The molecule has 116 valence electrons. The van der Waals surface area contributed by atoms with Crippen LogP contribution in [-0.2, 0) is 0 Å². The fraction of sp³-hybridized carbons (Fsp3) is 0.0588. The summed E-state index contributed by atoms with van der Waals surface area (Å²) in [5, 5.41) is 1.31. The van der Waals surface area contributed by atoms with Gasteiger partial charge in [0.25, 0.3) is 0 Å². The predicted octanol–water partition coefficient (Wildman–Crippen LogP) is 4.67. The van der Waals surface area contributed by atoms with Crippen LogP contribution in [-0.4, -0.2) is 12.1 Å². The van der Waals surface area contributed by atoms with Gasteiger partial charge in [0.2, 0.25) is 5.89 Å². The summed E-state index contributed by atoms with van der Waals surface area (Å²) >= 11 is 12.1. The molecule has 2 aromatic carbocycles. The summed E-state index contributed by atoms with van der Waals surface area (Å²) < 4.78 is 10.4. The lowest BCUT2D eigenvalue weighted by atomic mass is 10.2. The average Bonchev–Trinajstić information content (AvgIpc) is 2.52. The number of aromatic nitrogens is 1. The summed E-state index contributed by atoms with van der Waals surface area (Å²) in [5.41, 5.74) is 0.786. The standard InChI is InChI=1S/C17H11Cl2NO3/c1-22-16-10(8-11(18)9-13(16)19)6-7-15-20-14-5-3-2-4-12(14)17(21)23-15/h2-9H,1H3/b7-6+. The van der Waals surface area contributed by atoms with Gasteiger partial charge in [0.1, 0.15) is 5.75 Å². The van der Waals surface area contributed by atoms with E-state index in [1.807, 2.05) is 6.07 Å². The van der Waals surface area contributed by atoms with Gasteiger partial charge in [0, 0.05) is 16.7 Å². The monoisotopic (exact) mass is 347 g/mol. The van der Waals surface area contributed by atoms with Gasteiger partial charge < -0.3 is 9.15 Å². The lowest BCUT2D eigenvalue weighted by molar-refractivity contribution is 0.414. The zero-order chi connectivity index (χ0) is 16.4. The van der Waals surface area contributed by atoms with Crippen molar-refractivity contribution in [1.82, 2.24) is 4.98 Å². The number of rotatable bonds is 3. The molecule has 6 heteroatoms. The number of benzene rings is 2. The fourth-order valence-corrected chi connectivity index (χ4v) is 2.77. The molecule has 23 heavy (non-hydrogen) atoms. The van der Waals surface area contributed by atoms with Gasteiger partial charge in [0.15, 0.2) is 0 Å². The number of nitrogens with zero attached hydrogens (tertiary/aromatic N) is 1. The van der Waals surface area contributed by atoms with Crippen molar-refractivity contribution in [1.29, 1.82) is 0 Å². The maximum absolute atomic E-state index is 11.9. The molecule has 0 amide bonds. The molecule has 0 saturated heterocycles.